The summed E-state index contributed by atoms with van der Waals surface area (Å²) in [6.07, 6.45) is 0. The van der Waals surface area contributed by atoms with Crippen molar-refractivity contribution < 1.29 is 13.1 Å². The molecule has 4 nitrogen and oxygen atoms in total. The van der Waals surface area contributed by atoms with Crippen molar-refractivity contribution in [1.82, 2.24) is 0 Å². The summed E-state index contributed by atoms with van der Waals surface area (Å²) in [6.45, 7) is -5.83. The second-order valence-electron chi connectivity index (χ2n) is 2.11. The monoisotopic (exact) mass is 172 g/mol. The van der Waals surface area contributed by atoms with E-state index in [4.69, 9.17) is 8.22 Å². The first-order valence-electron chi connectivity index (χ1n) is 6.08. The third kappa shape index (κ3) is 1.72. The lowest BCUT2D eigenvalue weighted by molar-refractivity contribution is -0.384. The molecule has 0 aromatic heterocycles. The van der Waals surface area contributed by atoms with Crippen LogP contribution in [-0.4, -0.2) is 18.9 Å². The standard InChI is InChI=1S/C8H10N2O2/c1-9(2)7-4-3-5-8(6-7)10(11)12/h3-6H,1-2H3/i1D3,2D3. The molecular formula is C8H10N2O2. The molecule has 0 saturated carbocycles. The molecule has 0 N–H and O–H groups in total. The fourth-order valence-electron chi connectivity index (χ4n) is 0.746. The number of non-ortho nitro benzene ring substituents is 1. The van der Waals surface area contributed by atoms with E-state index in [9.17, 15) is 10.1 Å². The van der Waals surface area contributed by atoms with Gasteiger partial charge in [0.2, 0.25) is 0 Å². The predicted octanol–water partition coefficient (Wildman–Crippen LogP) is 1.66. The Bertz CT molecular complexity index is 442. The topological polar surface area (TPSA) is 46.4 Å². The quantitative estimate of drug-likeness (QED) is 0.503. The number of hydrogen-bond donors (Lipinski definition) is 0. The Morgan fingerprint density at radius 1 is 1.58 bits per heavy atom. The molecule has 0 saturated heterocycles. The van der Waals surface area contributed by atoms with Crippen LogP contribution in [0.2, 0.25) is 0 Å². The molecule has 0 fully saturated rings. The highest BCUT2D eigenvalue weighted by Gasteiger charge is 2.05. The third-order valence-corrected chi connectivity index (χ3v) is 1.30. The van der Waals surface area contributed by atoms with Gasteiger partial charge in [-0.1, -0.05) is 6.07 Å². The fraction of sp³-hybridized carbons (Fsp3) is 0.250. The van der Waals surface area contributed by atoms with Gasteiger partial charge in [0.25, 0.3) is 5.69 Å². The van der Waals surface area contributed by atoms with Crippen molar-refractivity contribution in [3.8, 4) is 0 Å². The van der Waals surface area contributed by atoms with Gasteiger partial charge in [0.15, 0.2) is 0 Å². The van der Waals surface area contributed by atoms with Crippen LogP contribution in [0.3, 0.4) is 0 Å². The zero-order valence-corrected chi connectivity index (χ0v) is 6.02. The maximum atomic E-state index is 10.6. The Morgan fingerprint density at radius 3 is 2.92 bits per heavy atom. The average Bonchev–Trinajstić information content (AvgIpc) is 2.13. The smallest absolute Gasteiger partial charge is 0.271 e. The second-order valence-corrected chi connectivity index (χ2v) is 2.11. The van der Waals surface area contributed by atoms with Gasteiger partial charge in [-0.2, -0.15) is 0 Å². The molecular weight excluding hydrogens is 156 g/mol. The van der Waals surface area contributed by atoms with E-state index in [-0.39, 0.29) is 16.3 Å². The summed E-state index contributed by atoms with van der Waals surface area (Å²) in [6, 6.07) is 4.50. The molecule has 0 unspecified atom stereocenters. The molecule has 0 radical (unpaired) electrons. The van der Waals surface area contributed by atoms with E-state index in [2.05, 4.69) is 0 Å². The Kier molecular flexibility index (Phi) is 0.918. The molecule has 0 amide bonds. The average molecular weight is 172 g/mol. The Labute approximate surface area is 79.0 Å². The number of anilines is 1. The van der Waals surface area contributed by atoms with Crippen LogP contribution in [0.4, 0.5) is 11.4 Å². The molecule has 1 rings (SSSR count). The van der Waals surface area contributed by atoms with Crippen molar-refractivity contribution in [3.05, 3.63) is 34.4 Å². The zero-order valence-electron chi connectivity index (χ0n) is 12.0. The number of hydrogen-bond acceptors (Lipinski definition) is 3. The lowest BCUT2D eigenvalue weighted by atomic mass is 10.3. The molecule has 1 aromatic carbocycles. The Hall–Kier alpha value is -1.58. The first kappa shape index (κ1) is 3.43. The zero-order chi connectivity index (χ0) is 14.1. The Balaban J connectivity index is 3.31. The van der Waals surface area contributed by atoms with Gasteiger partial charge in [-0.15, -0.1) is 0 Å². The van der Waals surface area contributed by atoms with Crippen molar-refractivity contribution in [2.75, 3.05) is 18.9 Å². The molecule has 4 heteroatoms. The van der Waals surface area contributed by atoms with Crippen molar-refractivity contribution >= 4 is 11.4 Å². The van der Waals surface area contributed by atoms with Crippen molar-refractivity contribution in [2.24, 2.45) is 0 Å². The van der Waals surface area contributed by atoms with E-state index in [0.29, 0.717) is 0 Å². The fourth-order valence-corrected chi connectivity index (χ4v) is 0.746. The van der Waals surface area contributed by atoms with Crippen LogP contribution in [0, 0.1) is 10.1 Å². The maximum Gasteiger partial charge on any atom is 0.271 e. The van der Waals surface area contributed by atoms with Crippen molar-refractivity contribution in [3.63, 3.8) is 0 Å². The number of nitro benzene ring substituents is 1. The summed E-state index contributed by atoms with van der Waals surface area (Å²) >= 11 is 0. The lowest BCUT2D eigenvalue weighted by Gasteiger charge is -2.10. The molecule has 0 aliphatic rings. The van der Waals surface area contributed by atoms with Gasteiger partial charge in [0.1, 0.15) is 0 Å². The number of benzene rings is 1. The minimum atomic E-state index is -2.92. The first-order valence-corrected chi connectivity index (χ1v) is 3.08. The van der Waals surface area contributed by atoms with E-state index in [0.717, 1.165) is 12.1 Å². The number of rotatable bonds is 2. The predicted molar refractivity (Wildman–Crippen MR) is 47.4 cm³/mol. The highest BCUT2D eigenvalue weighted by Crippen LogP contribution is 2.18. The summed E-state index contributed by atoms with van der Waals surface area (Å²) in [5.41, 5.74) is -0.616. The van der Waals surface area contributed by atoms with Gasteiger partial charge in [0.05, 0.1) is 4.92 Å². The van der Waals surface area contributed by atoms with E-state index in [1.54, 1.807) is 0 Å². The van der Waals surface area contributed by atoms with Crippen molar-refractivity contribution in [2.45, 2.75) is 0 Å². The molecule has 12 heavy (non-hydrogen) atoms. The van der Waals surface area contributed by atoms with Crippen LogP contribution in [-0.2, 0) is 0 Å². The van der Waals surface area contributed by atoms with Crippen LogP contribution in [0.1, 0.15) is 8.22 Å². The summed E-state index contributed by atoms with van der Waals surface area (Å²) in [5, 5.41) is 10.6. The second kappa shape index (κ2) is 3.21. The van der Waals surface area contributed by atoms with E-state index in [1.165, 1.54) is 12.1 Å². The molecule has 64 valence electrons. The van der Waals surface area contributed by atoms with E-state index in [1.807, 2.05) is 0 Å². The number of nitrogens with zero attached hydrogens (tertiary/aromatic N) is 2. The van der Waals surface area contributed by atoms with Crippen molar-refractivity contribution in [1.29, 1.82) is 0 Å². The highest BCUT2D eigenvalue weighted by molar-refractivity contribution is 5.51. The van der Waals surface area contributed by atoms with Gasteiger partial charge in [-0.25, -0.2) is 0 Å². The van der Waals surface area contributed by atoms with Gasteiger partial charge in [-0.3, -0.25) is 10.1 Å². The summed E-state index contributed by atoms with van der Waals surface area (Å²) < 4.78 is 43.1. The van der Waals surface area contributed by atoms with Crippen LogP contribution in [0.15, 0.2) is 24.3 Å². The van der Waals surface area contributed by atoms with Crippen LogP contribution in [0.25, 0.3) is 0 Å². The minimum Gasteiger partial charge on any atom is -0.377 e. The normalized spacial score (nSPS) is 19.0. The first-order chi connectivity index (χ1) is 8.03. The molecule has 1 aromatic rings. The molecule has 0 atom stereocenters. The van der Waals surface area contributed by atoms with E-state index >= 15 is 0 Å². The van der Waals surface area contributed by atoms with Gasteiger partial charge < -0.3 is 4.90 Å². The summed E-state index contributed by atoms with van der Waals surface area (Å²) in [4.78, 5) is 10.1. The van der Waals surface area contributed by atoms with Gasteiger partial charge in [-0.05, 0) is 6.07 Å². The molecule has 0 aliphatic carbocycles. The molecule has 0 spiro atoms. The highest BCUT2D eigenvalue weighted by atomic mass is 16.6. The molecule has 0 aliphatic heterocycles. The van der Waals surface area contributed by atoms with Gasteiger partial charge >= 0.3 is 0 Å². The lowest BCUT2D eigenvalue weighted by Crippen LogP contribution is -2.08. The van der Waals surface area contributed by atoms with Gasteiger partial charge in [0, 0.05) is 40.0 Å². The largest absolute Gasteiger partial charge is 0.377 e. The van der Waals surface area contributed by atoms with Crippen LogP contribution in [0.5, 0.6) is 0 Å². The summed E-state index contributed by atoms with van der Waals surface area (Å²) in [7, 11) is 0. The summed E-state index contributed by atoms with van der Waals surface area (Å²) in [5.74, 6) is 0. The molecule has 0 bridgehead atoms. The van der Waals surface area contributed by atoms with Crippen LogP contribution < -0.4 is 4.90 Å². The van der Waals surface area contributed by atoms with E-state index < -0.39 is 18.9 Å². The van der Waals surface area contributed by atoms with Crippen LogP contribution >= 0.6 is 0 Å². The minimum absolute atomic E-state index is 0.201. The SMILES string of the molecule is [2H]C([2H])([2H])N(c1cccc([N+](=O)[O-])c1)C([2H])([2H])[2H]. The number of nitro groups is 1. The Morgan fingerprint density at radius 2 is 2.33 bits per heavy atom. The maximum absolute atomic E-state index is 10.6. The third-order valence-electron chi connectivity index (χ3n) is 1.30. The molecule has 0 heterocycles.